The highest BCUT2D eigenvalue weighted by molar-refractivity contribution is 5.97. The Morgan fingerprint density at radius 1 is 0.654 bits per heavy atom. The van der Waals surface area contributed by atoms with Crippen LogP contribution in [-0.4, -0.2) is 120 Å². The number of aromatic nitrogens is 4. The zero-order valence-electron chi connectivity index (χ0n) is 28.9. The quantitative estimate of drug-likeness (QED) is 0.198. The summed E-state index contributed by atoms with van der Waals surface area (Å²) in [6.45, 7) is 4.77. The van der Waals surface area contributed by atoms with Gasteiger partial charge in [0.2, 0.25) is 11.9 Å². The van der Waals surface area contributed by atoms with Crippen molar-refractivity contribution < 1.29 is 33.4 Å². The van der Waals surface area contributed by atoms with Gasteiger partial charge in [-0.3, -0.25) is 14.6 Å². The largest absolute Gasteiger partial charge is 0.465 e. The number of esters is 1. The molecule has 2 saturated heterocycles. The molecule has 2 aliphatic rings. The number of anilines is 2. The summed E-state index contributed by atoms with van der Waals surface area (Å²) in [4.78, 5) is 72.5. The van der Waals surface area contributed by atoms with Gasteiger partial charge < -0.3 is 29.7 Å². The highest BCUT2D eigenvalue weighted by Gasteiger charge is 2.27. The molecule has 4 aromatic rings. The number of nitrogens with zero attached hydrogens (tertiary/aromatic N) is 8. The molecule has 4 amide bonds. The van der Waals surface area contributed by atoms with E-state index in [0.29, 0.717) is 88.7 Å². The highest BCUT2D eigenvalue weighted by atomic mass is 16.5. The molecule has 2 aromatic heterocycles. The van der Waals surface area contributed by atoms with E-state index >= 15 is 0 Å². The van der Waals surface area contributed by atoms with Crippen molar-refractivity contribution in [2.75, 3.05) is 76.1 Å². The SMILES string of the molecule is COC(=O)c1ccc(CN(C(=O)N2CCOCC2)c2ncccn2)cc1.NCC(=O)c1ccc(CN(C(=O)N2CCOCC2)c2ncccn2)cc1. The van der Waals surface area contributed by atoms with E-state index in [1.165, 1.54) is 16.9 Å². The molecule has 0 atom stereocenters. The zero-order chi connectivity index (χ0) is 36.7. The third-order valence-corrected chi connectivity index (χ3v) is 8.13. The van der Waals surface area contributed by atoms with Crippen molar-refractivity contribution >= 4 is 35.7 Å². The van der Waals surface area contributed by atoms with Crippen LogP contribution in [0.25, 0.3) is 0 Å². The first kappa shape index (κ1) is 37.4. The van der Waals surface area contributed by atoms with E-state index in [9.17, 15) is 19.2 Å². The Morgan fingerprint density at radius 3 is 1.40 bits per heavy atom. The molecule has 2 aliphatic heterocycles. The predicted molar refractivity (Wildman–Crippen MR) is 190 cm³/mol. The third kappa shape index (κ3) is 10.1. The molecule has 2 N–H and O–H groups in total. The van der Waals surface area contributed by atoms with Crippen molar-refractivity contribution in [3.63, 3.8) is 0 Å². The number of ketones is 1. The third-order valence-electron chi connectivity index (χ3n) is 8.13. The van der Waals surface area contributed by atoms with E-state index in [1.54, 1.807) is 83.1 Å². The summed E-state index contributed by atoms with van der Waals surface area (Å²) in [5, 5.41) is 0. The Balaban J connectivity index is 0.000000201. The first-order valence-corrected chi connectivity index (χ1v) is 16.7. The number of hydrogen-bond acceptors (Lipinski definition) is 12. The van der Waals surface area contributed by atoms with E-state index in [2.05, 4.69) is 19.9 Å². The zero-order valence-corrected chi connectivity index (χ0v) is 28.9. The van der Waals surface area contributed by atoms with Gasteiger partial charge in [-0.2, -0.15) is 0 Å². The van der Waals surface area contributed by atoms with Gasteiger partial charge in [0.05, 0.1) is 58.7 Å². The van der Waals surface area contributed by atoms with Crippen molar-refractivity contribution in [1.82, 2.24) is 29.7 Å². The van der Waals surface area contributed by atoms with Gasteiger partial charge in [-0.15, -0.1) is 0 Å². The molecule has 16 nitrogen and oxygen atoms in total. The van der Waals surface area contributed by atoms with Crippen LogP contribution in [0.3, 0.4) is 0 Å². The van der Waals surface area contributed by atoms with Crippen molar-refractivity contribution in [2.24, 2.45) is 5.73 Å². The topological polar surface area (TPSA) is 187 Å². The minimum absolute atomic E-state index is 0.0289. The van der Waals surface area contributed by atoms with Gasteiger partial charge in [-0.1, -0.05) is 36.4 Å². The lowest BCUT2D eigenvalue weighted by Gasteiger charge is -2.32. The molecular weight excluding hydrogens is 670 g/mol. The number of ether oxygens (including phenoxy) is 3. The molecule has 0 saturated carbocycles. The Morgan fingerprint density at radius 2 is 1.04 bits per heavy atom. The van der Waals surface area contributed by atoms with E-state index in [0.717, 1.165) is 11.1 Å². The second kappa shape index (κ2) is 19.0. The number of rotatable bonds is 9. The number of Topliss-reactive ketones (excluding diaryl/α,β-unsaturated/α-hetero) is 1. The molecule has 0 aliphatic carbocycles. The minimum atomic E-state index is -0.399. The molecule has 0 radical (unpaired) electrons. The average Bonchev–Trinajstić information content (AvgIpc) is 3.22. The molecule has 16 heteroatoms. The van der Waals surface area contributed by atoms with Crippen LogP contribution in [-0.2, 0) is 27.3 Å². The molecule has 2 fully saturated rings. The monoisotopic (exact) mass is 711 g/mol. The number of morpholine rings is 2. The molecule has 4 heterocycles. The van der Waals surface area contributed by atoms with E-state index in [-0.39, 0.29) is 24.4 Å². The van der Waals surface area contributed by atoms with Crippen LogP contribution in [0.2, 0.25) is 0 Å². The lowest BCUT2D eigenvalue weighted by atomic mass is 10.1. The number of hydrogen-bond donors (Lipinski definition) is 1. The lowest BCUT2D eigenvalue weighted by molar-refractivity contribution is 0.0547. The maximum absolute atomic E-state index is 13.0. The Hall–Kier alpha value is -5.84. The van der Waals surface area contributed by atoms with Gasteiger partial charge in [0.1, 0.15) is 0 Å². The molecule has 2 aromatic carbocycles. The molecule has 0 bridgehead atoms. The minimum Gasteiger partial charge on any atom is -0.465 e. The van der Waals surface area contributed by atoms with E-state index in [1.807, 2.05) is 12.1 Å². The second-order valence-electron chi connectivity index (χ2n) is 11.5. The molecule has 52 heavy (non-hydrogen) atoms. The normalized spacial score (nSPS) is 14.0. The van der Waals surface area contributed by atoms with Crippen LogP contribution in [0, 0.1) is 0 Å². The lowest BCUT2D eigenvalue weighted by Crippen LogP contribution is -2.48. The standard InChI is InChI=1S/C18H21N5O3.C18H20N4O4/c19-12-16(24)15-4-2-14(3-5-15)13-23(17-20-6-1-7-21-17)18(25)22-8-10-26-11-9-22;1-25-16(23)15-5-3-14(4-6-15)13-22(17-19-7-2-8-20-17)18(24)21-9-11-26-12-10-21/h1-7H,8-13,19H2;2-8H,9-13H2,1H3. The summed E-state index contributed by atoms with van der Waals surface area (Å²) in [6.07, 6.45) is 6.40. The molecule has 6 rings (SSSR count). The van der Waals surface area contributed by atoms with Gasteiger partial charge in [0, 0.05) is 56.5 Å². The van der Waals surface area contributed by atoms with Crippen LogP contribution in [0.5, 0.6) is 0 Å². The summed E-state index contributed by atoms with van der Waals surface area (Å²) in [5.74, 6) is 0.153. The molecule has 0 unspecified atom stereocenters. The number of nitrogens with two attached hydrogens (primary N) is 1. The summed E-state index contributed by atoms with van der Waals surface area (Å²) in [5.41, 5.74) is 8.12. The van der Waals surface area contributed by atoms with Crippen LogP contribution < -0.4 is 15.5 Å². The maximum Gasteiger partial charge on any atom is 0.337 e. The van der Waals surface area contributed by atoms with Gasteiger partial charge in [-0.25, -0.2) is 34.3 Å². The van der Waals surface area contributed by atoms with Crippen LogP contribution >= 0.6 is 0 Å². The fourth-order valence-electron chi connectivity index (χ4n) is 5.30. The molecule has 0 spiro atoms. The van der Waals surface area contributed by atoms with Crippen LogP contribution in [0.15, 0.2) is 85.5 Å². The number of carbonyl (C=O) groups is 4. The summed E-state index contributed by atoms with van der Waals surface area (Å²) >= 11 is 0. The number of carbonyl (C=O) groups excluding carboxylic acids is 4. The molecule has 272 valence electrons. The fraction of sp³-hybridized carbons (Fsp3) is 0.333. The van der Waals surface area contributed by atoms with Gasteiger partial charge in [0.25, 0.3) is 0 Å². The van der Waals surface area contributed by atoms with E-state index < -0.39 is 5.97 Å². The Kier molecular flexibility index (Phi) is 13.6. The van der Waals surface area contributed by atoms with Crippen molar-refractivity contribution in [3.8, 4) is 0 Å². The van der Waals surface area contributed by atoms with E-state index in [4.69, 9.17) is 19.9 Å². The average molecular weight is 712 g/mol. The van der Waals surface area contributed by atoms with Crippen molar-refractivity contribution in [2.45, 2.75) is 13.1 Å². The van der Waals surface area contributed by atoms with Gasteiger partial charge >= 0.3 is 18.0 Å². The number of amides is 4. The predicted octanol–water partition coefficient (Wildman–Crippen LogP) is 2.80. The highest BCUT2D eigenvalue weighted by Crippen LogP contribution is 2.18. The second-order valence-corrected chi connectivity index (χ2v) is 11.5. The maximum atomic E-state index is 13.0. The van der Waals surface area contributed by atoms with Crippen molar-refractivity contribution in [3.05, 3.63) is 108 Å². The molecular formula is C36H41N9O7. The first-order chi connectivity index (χ1) is 25.4. The Bertz CT molecular complexity index is 1620. The fourth-order valence-corrected chi connectivity index (χ4v) is 5.30. The summed E-state index contributed by atoms with van der Waals surface area (Å²) < 4.78 is 15.3. The van der Waals surface area contributed by atoms with Crippen LogP contribution in [0.1, 0.15) is 31.8 Å². The first-order valence-electron chi connectivity index (χ1n) is 16.7. The number of methoxy groups -OCH3 is 1. The smallest absolute Gasteiger partial charge is 0.337 e. The van der Waals surface area contributed by atoms with Crippen molar-refractivity contribution in [1.29, 1.82) is 0 Å². The Labute approximate surface area is 301 Å². The van der Waals surface area contributed by atoms with Gasteiger partial charge in [0.15, 0.2) is 5.78 Å². The van der Waals surface area contributed by atoms with Crippen LogP contribution in [0.4, 0.5) is 21.5 Å². The summed E-state index contributed by atoms with van der Waals surface area (Å²) in [6, 6.07) is 17.0. The number of benzene rings is 2. The van der Waals surface area contributed by atoms with Gasteiger partial charge in [-0.05, 0) is 35.4 Å². The summed E-state index contributed by atoms with van der Waals surface area (Å²) in [7, 11) is 1.34. The number of urea groups is 2.